The van der Waals surface area contributed by atoms with Gasteiger partial charge in [-0.2, -0.15) is 4.98 Å². The summed E-state index contributed by atoms with van der Waals surface area (Å²) in [6, 6.07) is 11.6. The van der Waals surface area contributed by atoms with Gasteiger partial charge in [-0.15, -0.1) is 0 Å². The molecule has 1 aliphatic carbocycles. The van der Waals surface area contributed by atoms with Gasteiger partial charge in [-0.3, -0.25) is 14.8 Å². The standard InChI is InChI=1S/C22H25N5O/c1-26-20-18(11-19(21(26)28)15-7-3-2-4-8-15)12-23-22(24-20)25-27-13-16-9-5-6-10-17(16)14-27/h2-4,7-8,11-12,16-17H,5-6,9-10,13-14H2,1H3,(H,23,24,25). The van der Waals surface area contributed by atoms with Crippen LogP contribution in [0.2, 0.25) is 0 Å². The normalized spacial score (nSPS) is 22.3. The molecule has 2 aliphatic rings. The summed E-state index contributed by atoms with van der Waals surface area (Å²) in [7, 11) is 1.78. The van der Waals surface area contributed by atoms with Crippen molar-refractivity contribution >= 4 is 17.0 Å². The predicted molar refractivity (Wildman–Crippen MR) is 111 cm³/mol. The average Bonchev–Trinajstić information content (AvgIpc) is 3.14. The van der Waals surface area contributed by atoms with Crippen LogP contribution in [0.4, 0.5) is 5.95 Å². The Hall–Kier alpha value is -2.73. The highest BCUT2D eigenvalue weighted by Crippen LogP contribution is 2.35. The van der Waals surface area contributed by atoms with E-state index < -0.39 is 0 Å². The zero-order chi connectivity index (χ0) is 19.1. The van der Waals surface area contributed by atoms with Crippen LogP contribution in [0.15, 0.2) is 47.4 Å². The summed E-state index contributed by atoms with van der Waals surface area (Å²) >= 11 is 0. The number of aryl methyl sites for hydroxylation is 1. The topological polar surface area (TPSA) is 63.1 Å². The molecule has 2 unspecified atom stereocenters. The highest BCUT2D eigenvalue weighted by molar-refractivity contribution is 5.81. The van der Waals surface area contributed by atoms with E-state index in [0.717, 1.165) is 35.9 Å². The first-order valence-electron chi connectivity index (χ1n) is 10.1. The first-order chi connectivity index (χ1) is 13.7. The number of hydrazine groups is 1. The Kier molecular flexibility index (Phi) is 4.36. The highest BCUT2D eigenvalue weighted by atomic mass is 16.1. The largest absolute Gasteiger partial charge is 0.295 e. The maximum absolute atomic E-state index is 12.9. The van der Waals surface area contributed by atoms with Crippen LogP contribution in [0.3, 0.4) is 0 Å². The van der Waals surface area contributed by atoms with Crippen molar-refractivity contribution in [1.29, 1.82) is 0 Å². The number of fused-ring (bicyclic) bond motifs is 2. The lowest BCUT2D eigenvalue weighted by Gasteiger charge is -2.22. The molecule has 2 atom stereocenters. The minimum Gasteiger partial charge on any atom is -0.295 e. The monoisotopic (exact) mass is 375 g/mol. The van der Waals surface area contributed by atoms with E-state index in [0.29, 0.717) is 17.2 Å². The average molecular weight is 375 g/mol. The van der Waals surface area contributed by atoms with Gasteiger partial charge in [0.05, 0.1) is 0 Å². The predicted octanol–water partition coefficient (Wildman–Crippen LogP) is 3.44. The Morgan fingerprint density at radius 3 is 2.50 bits per heavy atom. The van der Waals surface area contributed by atoms with Gasteiger partial charge in [-0.05, 0) is 36.3 Å². The molecule has 5 rings (SSSR count). The number of pyridine rings is 1. The van der Waals surface area contributed by atoms with Gasteiger partial charge in [0.25, 0.3) is 5.56 Å². The Labute approximate surface area is 164 Å². The molecule has 2 fully saturated rings. The Balaban J connectivity index is 1.45. The molecule has 0 bridgehead atoms. The smallest absolute Gasteiger partial charge is 0.259 e. The molecule has 1 aromatic carbocycles. The number of nitrogens with one attached hydrogen (secondary N) is 1. The Bertz CT molecular complexity index is 1050. The van der Waals surface area contributed by atoms with E-state index in [1.54, 1.807) is 17.8 Å². The van der Waals surface area contributed by atoms with Gasteiger partial charge in [0, 0.05) is 37.3 Å². The van der Waals surface area contributed by atoms with Crippen molar-refractivity contribution in [2.75, 3.05) is 18.5 Å². The Morgan fingerprint density at radius 1 is 1.07 bits per heavy atom. The third-order valence-electron chi connectivity index (χ3n) is 6.27. The van der Waals surface area contributed by atoms with Crippen LogP contribution in [0.1, 0.15) is 25.7 Å². The number of hydrogen-bond acceptors (Lipinski definition) is 5. The maximum atomic E-state index is 12.9. The van der Waals surface area contributed by atoms with Crippen molar-refractivity contribution in [2.24, 2.45) is 18.9 Å². The molecule has 6 heteroatoms. The quantitative estimate of drug-likeness (QED) is 0.760. The van der Waals surface area contributed by atoms with Crippen molar-refractivity contribution in [3.8, 4) is 11.1 Å². The molecule has 0 amide bonds. The third-order valence-corrected chi connectivity index (χ3v) is 6.27. The maximum Gasteiger partial charge on any atom is 0.259 e. The second kappa shape index (κ2) is 7.02. The molecule has 2 aromatic heterocycles. The van der Waals surface area contributed by atoms with Gasteiger partial charge in [0.2, 0.25) is 5.95 Å². The van der Waals surface area contributed by atoms with Crippen LogP contribution in [0.5, 0.6) is 0 Å². The van der Waals surface area contributed by atoms with E-state index in [1.165, 1.54) is 25.7 Å². The third kappa shape index (κ3) is 3.07. The summed E-state index contributed by atoms with van der Waals surface area (Å²) in [6.07, 6.45) is 7.18. The van der Waals surface area contributed by atoms with Gasteiger partial charge in [-0.1, -0.05) is 43.2 Å². The van der Waals surface area contributed by atoms with Crippen molar-refractivity contribution in [2.45, 2.75) is 25.7 Å². The fourth-order valence-electron chi connectivity index (χ4n) is 4.76. The van der Waals surface area contributed by atoms with E-state index >= 15 is 0 Å². The molecule has 144 valence electrons. The lowest BCUT2D eigenvalue weighted by Crippen LogP contribution is -2.29. The zero-order valence-corrected chi connectivity index (χ0v) is 16.1. The van der Waals surface area contributed by atoms with Crippen LogP contribution in [0.25, 0.3) is 22.2 Å². The van der Waals surface area contributed by atoms with E-state index in [9.17, 15) is 4.79 Å². The summed E-state index contributed by atoms with van der Waals surface area (Å²) in [4.78, 5) is 22.0. The minimum atomic E-state index is -0.0458. The lowest BCUT2D eigenvalue weighted by molar-refractivity contribution is 0.299. The van der Waals surface area contributed by atoms with Crippen LogP contribution in [0, 0.1) is 11.8 Å². The van der Waals surface area contributed by atoms with Gasteiger partial charge >= 0.3 is 0 Å². The van der Waals surface area contributed by atoms with Crippen LogP contribution in [-0.4, -0.2) is 32.6 Å². The lowest BCUT2D eigenvalue weighted by atomic mass is 9.82. The molecule has 3 heterocycles. The van der Waals surface area contributed by atoms with Gasteiger partial charge in [-0.25, -0.2) is 9.99 Å². The van der Waals surface area contributed by atoms with Gasteiger partial charge < -0.3 is 0 Å². The second-order valence-corrected chi connectivity index (χ2v) is 8.08. The molecule has 1 N–H and O–H groups in total. The molecule has 1 saturated carbocycles. The molecule has 0 radical (unpaired) electrons. The number of rotatable bonds is 3. The number of nitrogens with zero attached hydrogens (tertiary/aromatic N) is 4. The van der Waals surface area contributed by atoms with E-state index in [-0.39, 0.29) is 5.56 Å². The van der Waals surface area contributed by atoms with Crippen LogP contribution in [-0.2, 0) is 7.05 Å². The first-order valence-corrected chi connectivity index (χ1v) is 10.1. The second-order valence-electron chi connectivity index (χ2n) is 8.08. The fraction of sp³-hybridized carbons (Fsp3) is 0.409. The minimum absolute atomic E-state index is 0.0458. The van der Waals surface area contributed by atoms with E-state index in [1.807, 2.05) is 36.4 Å². The van der Waals surface area contributed by atoms with E-state index in [4.69, 9.17) is 0 Å². The molecule has 0 spiro atoms. The Morgan fingerprint density at radius 2 is 1.79 bits per heavy atom. The number of benzene rings is 1. The van der Waals surface area contributed by atoms with E-state index in [2.05, 4.69) is 20.4 Å². The molecule has 6 nitrogen and oxygen atoms in total. The first kappa shape index (κ1) is 17.4. The van der Waals surface area contributed by atoms with Crippen molar-refractivity contribution in [3.05, 3.63) is 52.9 Å². The van der Waals surface area contributed by atoms with Crippen molar-refractivity contribution in [1.82, 2.24) is 19.5 Å². The van der Waals surface area contributed by atoms with Crippen LogP contribution < -0.4 is 11.0 Å². The zero-order valence-electron chi connectivity index (χ0n) is 16.1. The van der Waals surface area contributed by atoms with Gasteiger partial charge in [0.15, 0.2) is 0 Å². The molecule has 28 heavy (non-hydrogen) atoms. The molecular formula is C22H25N5O. The molecule has 1 aliphatic heterocycles. The van der Waals surface area contributed by atoms with Crippen LogP contribution >= 0.6 is 0 Å². The highest BCUT2D eigenvalue weighted by Gasteiger charge is 2.34. The summed E-state index contributed by atoms with van der Waals surface area (Å²) in [5.41, 5.74) is 5.56. The molecule has 3 aromatic rings. The van der Waals surface area contributed by atoms with Gasteiger partial charge in [0.1, 0.15) is 5.65 Å². The summed E-state index contributed by atoms with van der Waals surface area (Å²) in [6.45, 7) is 2.11. The molecule has 1 saturated heterocycles. The SMILES string of the molecule is Cn1c(=O)c(-c2ccccc2)cc2cnc(NN3CC4CCCCC4C3)nc21. The summed E-state index contributed by atoms with van der Waals surface area (Å²) in [5.74, 6) is 2.15. The fourth-order valence-corrected chi connectivity index (χ4v) is 4.76. The number of hydrogen-bond donors (Lipinski definition) is 1. The number of aromatic nitrogens is 3. The summed E-state index contributed by atoms with van der Waals surface area (Å²) in [5, 5.41) is 3.11. The number of anilines is 1. The summed E-state index contributed by atoms with van der Waals surface area (Å²) < 4.78 is 1.62. The van der Waals surface area contributed by atoms with Crippen molar-refractivity contribution < 1.29 is 0 Å². The van der Waals surface area contributed by atoms with Crippen molar-refractivity contribution in [3.63, 3.8) is 0 Å². The molecular weight excluding hydrogens is 350 g/mol.